The standard InChI is InChI=1S/C15H18ClN3OS/c1-10(14(20)19-8-3-2-4-9-19)17-15-18-12-7-5-6-11(16)13(12)21-15/h5-7,10H,2-4,8-9H2,1H3,(H,17,18). The third kappa shape index (κ3) is 3.14. The number of hydrogen-bond donors (Lipinski definition) is 1. The zero-order chi connectivity index (χ0) is 14.8. The average Bonchev–Trinajstić information content (AvgIpc) is 2.91. The smallest absolute Gasteiger partial charge is 0.244 e. The van der Waals surface area contributed by atoms with Gasteiger partial charge in [-0.1, -0.05) is 29.0 Å². The van der Waals surface area contributed by atoms with Gasteiger partial charge in [-0.3, -0.25) is 4.79 Å². The highest BCUT2D eigenvalue weighted by atomic mass is 35.5. The summed E-state index contributed by atoms with van der Waals surface area (Å²) in [7, 11) is 0. The SMILES string of the molecule is CC(Nc1nc2cccc(Cl)c2s1)C(=O)N1CCCCC1. The number of piperidine rings is 1. The van der Waals surface area contributed by atoms with Crippen molar-refractivity contribution >= 4 is 44.2 Å². The number of anilines is 1. The van der Waals surface area contributed by atoms with Crippen molar-refractivity contribution in [2.45, 2.75) is 32.2 Å². The first-order chi connectivity index (χ1) is 10.1. The Morgan fingerprint density at radius 2 is 2.14 bits per heavy atom. The summed E-state index contributed by atoms with van der Waals surface area (Å²) in [4.78, 5) is 18.8. The summed E-state index contributed by atoms with van der Waals surface area (Å²) >= 11 is 7.65. The molecule has 1 amide bonds. The van der Waals surface area contributed by atoms with Crippen LogP contribution >= 0.6 is 22.9 Å². The van der Waals surface area contributed by atoms with Crippen LogP contribution in [0.2, 0.25) is 5.02 Å². The van der Waals surface area contributed by atoms with E-state index in [0.717, 1.165) is 41.3 Å². The summed E-state index contributed by atoms with van der Waals surface area (Å²) in [5.74, 6) is 0.153. The number of likely N-dealkylation sites (tertiary alicyclic amines) is 1. The number of aromatic nitrogens is 1. The molecule has 112 valence electrons. The van der Waals surface area contributed by atoms with E-state index in [9.17, 15) is 4.79 Å². The number of nitrogens with zero attached hydrogens (tertiary/aromatic N) is 2. The van der Waals surface area contributed by atoms with Gasteiger partial charge in [0.25, 0.3) is 0 Å². The fraction of sp³-hybridized carbons (Fsp3) is 0.467. The number of fused-ring (bicyclic) bond motifs is 1. The molecular weight excluding hydrogens is 306 g/mol. The number of halogens is 1. The molecule has 0 bridgehead atoms. The van der Waals surface area contributed by atoms with E-state index in [-0.39, 0.29) is 11.9 Å². The van der Waals surface area contributed by atoms with E-state index >= 15 is 0 Å². The molecule has 1 unspecified atom stereocenters. The second kappa shape index (κ2) is 6.20. The van der Waals surface area contributed by atoms with Gasteiger partial charge < -0.3 is 10.2 Å². The Kier molecular flexibility index (Phi) is 4.31. The lowest BCUT2D eigenvalue weighted by molar-refractivity contribution is -0.132. The van der Waals surface area contributed by atoms with Crippen LogP contribution in [-0.2, 0) is 4.79 Å². The normalized spacial score (nSPS) is 17.0. The van der Waals surface area contributed by atoms with Gasteiger partial charge in [0.1, 0.15) is 6.04 Å². The number of benzene rings is 1. The molecule has 2 aromatic rings. The molecule has 1 saturated heterocycles. The third-order valence-electron chi connectivity index (χ3n) is 3.75. The van der Waals surface area contributed by atoms with Crippen LogP contribution in [0.3, 0.4) is 0 Å². The van der Waals surface area contributed by atoms with E-state index in [2.05, 4.69) is 10.3 Å². The van der Waals surface area contributed by atoms with Gasteiger partial charge in [0.2, 0.25) is 5.91 Å². The van der Waals surface area contributed by atoms with E-state index in [0.29, 0.717) is 5.02 Å². The first-order valence-corrected chi connectivity index (χ1v) is 8.45. The molecule has 1 aromatic carbocycles. The number of nitrogens with one attached hydrogen (secondary N) is 1. The van der Waals surface area contributed by atoms with Crippen LogP contribution in [0.15, 0.2) is 18.2 Å². The second-order valence-electron chi connectivity index (χ2n) is 5.36. The molecule has 6 heteroatoms. The molecule has 21 heavy (non-hydrogen) atoms. The molecule has 0 spiro atoms. The van der Waals surface area contributed by atoms with Crippen molar-refractivity contribution in [2.24, 2.45) is 0 Å². The molecule has 0 radical (unpaired) electrons. The predicted octanol–water partition coefficient (Wildman–Crippen LogP) is 3.76. The third-order valence-corrected chi connectivity index (χ3v) is 5.21. The van der Waals surface area contributed by atoms with E-state index in [1.807, 2.05) is 30.0 Å². The zero-order valence-electron chi connectivity index (χ0n) is 11.9. The minimum Gasteiger partial charge on any atom is -0.350 e. The highest BCUT2D eigenvalue weighted by molar-refractivity contribution is 7.22. The highest BCUT2D eigenvalue weighted by Crippen LogP contribution is 2.32. The molecule has 0 saturated carbocycles. The summed E-state index contributed by atoms with van der Waals surface area (Å²) in [6.45, 7) is 3.64. The number of amides is 1. The molecule has 1 N–H and O–H groups in total. The lowest BCUT2D eigenvalue weighted by atomic mass is 10.1. The van der Waals surface area contributed by atoms with Gasteiger partial charge in [0.15, 0.2) is 5.13 Å². The first kappa shape index (κ1) is 14.6. The minimum atomic E-state index is -0.262. The summed E-state index contributed by atoms with van der Waals surface area (Å²) in [5, 5.41) is 4.66. The van der Waals surface area contributed by atoms with Crippen LogP contribution in [0, 0.1) is 0 Å². The molecule has 1 aromatic heterocycles. The Balaban J connectivity index is 1.72. The predicted molar refractivity (Wildman–Crippen MR) is 88.1 cm³/mol. The van der Waals surface area contributed by atoms with Crippen LogP contribution < -0.4 is 5.32 Å². The van der Waals surface area contributed by atoms with E-state index in [1.54, 1.807) is 0 Å². The van der Waals surface area contributed by atoms with Crippen molar-refractivity contribution in [1.82, 2.24) is 9.88 Å². The molecule has 4 nitrogen and oxygen atoms in total. The Morgan fingerprint density at radius 1 is 1.38 bits per heavy atom. The van der Waals surface area contributed by atoms with Crippen LogP contribution in [0.4, 0.5) is 5.13 Å². The molecule has 1 aliphatic rings. The average molecular weight is 324 g/mol. The lowest BCUT2D eigenvalue weighted by Crippen LogP contribution is -2.43. The van der Waals surface area contributed by atoms with Crippen LogP contribution in [0.5, 0.6) is 0 Å². The lowest BCUT2D eigenvalue weighted by Gasteiger charge is -2.29. The molecular formula is C15H18ClN3OS. The first-order valence-electron chi connectivity index (χ1n) is 7.25. The van der Waals surface area contributed by atoms with Crippen LogP contribution in [0.1, 0.15) is 26.2 Å². The maximum absolute atomic E-state index is 12.4. The zero-order valence-corrected chi connectivity index (χ0v) is 13.5. The maximum Gasteiger partial charge on any atom is 0.244 e. The summed E-state index contributed by atoms with van der Waals surface area (Å²) in [5.41, 5.74) is 0.868. The Bertz CT molecular complexity index is 651. The molecule has 1 aliphatic heterocycles. The summed E-state index contributed by atoms with van der Waals surface area (Å²) in [6.07, 6.45) is 3.44. The fourth-order valence-corrected chi connectivity index (χ4v) is 3.85. The Morgan fingerprint density at radius 3 is 2.86 bits per heavy atom. The van der Waals surface area contributed by atoms with E-state index < -0.39 is 0 Å². The van der Waals surface area contributed by atoms with Crippen molar-refractivity contribution in [3.05, 3.63) is 23.2 Å². The largest absolute Gasteiger partial charge is 0.350 e. The van der Waals surface area contributed by atoms with Gasteiger partial charge in [-0.2, -0.15) is 0 Å². The van der Waals surface area contributed by atoms with Crippen LogP contribution in [0.25, 0.3) is 10.2 Å². The van der Waals surface area contributed by atoms with Gasteiger partial charge in [0, 0.05) is 13.1 Å². The molecule has 1 fully saturated rings. The topological polar surface area (TPSA) is 45.2 Å². The van der Waals surface area contributed by atoms with E-state index in [1.165, 1.54) is 17.8 Å². The summed E-state index contributed by atoms with van der Waals surface area (Å²) < 4.78 is 0.958. The van der Waals surface area contributed by atoms with Gasteiger partial charge in [-0.05, 0) is 38.3 Å². The second-order valence-corrected chi connectivity index (χ2v) is 6.77. The quantitative estimate of drug-likeness (QED) is 0.935. The van der Waals surface area contributed by atoms with Crippen molar-refractivity contribution in [3.8, 4) is 0 Å². The van der Waals surface area contributed by atoms with Crippen molar-refractivity contribution in [2.75, 3.05) is 18.4 Å². The fourth-order valence-electron chi connectivity index (χ4n) is 2.61. The molecule has 0 aliphatic carbocycles. The maximum atomic E-state index is 12.4. The van der Waals surface area contributed by atoms with Crippen molar-refractivity contribution in [1.29, 1.82) is 0 Å². The van der Waals surface area contributed by atoms with Crippen molar-refractivity contribution in [3.63, 3.8) is 0 Å². The molecule has 3 rings (SSSR count). The summed E-state index contributed by atoms with van der Waals surface area (Å²) in [6, 6.07) is 5.41. The van der Waals surface area contributed by atoms with Crippen molar-refractivity contribution < 1.29 is 4.79 Å². The Hall–Kier alpha value is -1.33. The molecule has 2 heterocycles. The number of thiazole rings is 1. The number of carbonyl (C=O) groups is 1. The van der Waals surface area contributed by atoms with Gasteiger partial charge >= 0.3 is 0 Å². The van der Waals surface area contributed by atoms with Gasteiger partial charge in [0.05, 0.1) is 15.2 Å². The molecule has 1 atom stereocenters. The van der Waals surface area contributed by atoms with Crippen LogP contribution in [-0.4, -0.2) is 34.9 Å². The number of carbonyl (C=O) groups excluding carboxylic acids is 1. The highest BCUT2D eigenvalue weighted by Gasteiger charge is 2.22. The van der Waals surface area contributed by atoms with Gasteiger partial charge in [-0.25, -0.2) is 4.98 Å². The minimum absolute atomic E-state index is 0.153. The van der Waals surface area contributed by atoms with E-state index in [4.69, 9.17) is 11.6 Å². The number of rotatable bonds is 3. The Labute approximate surface area is 133 Å². The van der Waals surface area contributed by atoms with Gasteiger partial charge in [-0.15, -0.1) is 0 Å². The number of hydrogen-bond acceptors (Lipinski definition) is 4. The monoisotopic (exact) mass is 323 g/mol.